The Balaban J connectivity index is 2.03. The molecule has 2 rings (SSSR count). The molecule has 9 heteroatoms. The molecular formula is C12H21N7O2. The molecule has 1 aliphatic heterocycles. The van der Waals surface area contributed by atoms with Crippen LogP contribution in [0.1, 0.15) is 25.0 Å². The topological polar surface area (TPSA) is 122 Å². The average Bonchev–Trinajstić information content (AvgIpc) is 2.47. The van der Waals surface area contributed by atoms with Gasteiger partial charge in [-0.25, -0.2) is 10.8 Å². The first-order valence-electron chi connectivity index (χ1n) is 7.07. The molecule has 0 spiro atoms. The van der Waals surface area contributed by atoms with E-state index in [-0.39, 0.29) is 23.1 Å². The van der Waals surface area contributed by atoms with E-state index in [9.17, 15) is 10.1 Å². The first-order valence-corrected chi connectivity index (χ1v) is 7.07. The number of likely N-dealkylation sites (tertiary alicyclic amines) is 1. The highest BCUT2D eigenvalue weighted by Crippen LogP contribution is 2.26. The Morgan fingerprint density at radius 2 is 2.05 bits per heavy atom. The normalized spacial score (nSPS) is 15.7. The number of nitrogens with zero attached hydrogens (tertiary/aromatic N) is 4. The van der Waals surface area contributed by atoms with Crippen molar-refractivity contribution in [2.45, 2.75) is 26.2 Å². The molecule has 4 N–H and O–H groups in total. The van der Waals surface area contributed by atoms with Gasteiger partial charge in [-0.1, -0.05) is 6.42 Å². The van der Waals surface area contributed by atoms with Crippen LogP contribution < -0.4 is 16.6 Å². The zero-order valence-electron chi connectivity index (χ0n) is 12.1. The minimum absolute atomic E-state index is 0.104. The summed E-state index contributed by atoms with van der Waals surface area (Å²) in [7, 11) is 0. The summed E-state index contributed by atoms with van der Waals surface area (Å²) in [5.41, 5.74) is 2.50. The molecule has 2 heterocycles. The van der Waals surface area contributed by atoms with E-state index in [2.05, 4.69) is 25.6 Å². The van der Waals surface area contributed by atoms with Crippen molar-refractivity contribution in [1.29, 1.82) is 0 Å². The van der Waals surface area contributed by atoms with Crippen molar-refractivity contribution in [3.8, 4) is 0 Å². The monoisotopic (exact) mass is 295 g/mol. The van der Waals surface area contributed by atoms with Crippen LogP contribution in [-0.2, 0) is 0 Å². The Bertz CT molecular complexity index is 503. The molecule has 1 aromatic heterocycles. The molecule has 9 nitrogen and oxygen atoms in total. The fraction of sp³-hybridized carbons (Fsp3) is 0.667. The average molecular weight is 295 g/mol. The third kappa shape index (κ3) is 3.99. The number of aryl methyl sites for hydroxylation is 1. The van der Waals surface area contributed by atoms with E-state index < -0.39 is 4.92 Å². The molecule has 0 aromatic carbocycles. The van der Waals surface area contributed by atoms with E-state index in [0.717, 1.165) is 19.6 Å². The quantitative estimate of drug-likeness (QED) is 0.401. The smallest absolute Gasteiger partial charge is 0.332 e. The molecule has 116 valence electrons. The number of rotatable bonds is 6. The molecule has 0 aliphatic carbocycles. The first-order chi connectivity index (χ1) is 10.1. The van der Waals surface area contributed by atoms with Gasteiger partial charge in [0.15, 0.2) is 0 Å². The lowest BCUT2D eigenvalue weighted by molar-refractivity contribution is -0.385. The maximum absolute atomic E-state index is 11.1. The number of nitrogens with one attached hydrogen (secondary N) is 2. The van der Waals surface area contributed by atoms with E-state index in [1.807, 2.05) is 0 Å². The predicted octanol–water partition coefficient (Wildman–Crippen LogP) is 0.877. The fourth-order valence-corrected chi connectivity index (χ4v) is 2.49. The molecule has 0 atom stereocenters. The van der Waals surface area contributed by atoms with Gasteiger partial charge in [0.05, 0.1) is 4.92 Å². The summed E-state index contributed by atoms with van der Waals surface area (Å²) in [6.07, 6.45) is 3.72. The van der Waals surface area contributed by atoms with Crippen molar-refractivity contribution in [3.05, 3.63) is 15.8 Å². The maximum Gasteiger partial charge on any atom is 0.332 e. The van der Waals surface area contributed by atoms with Crippen LogP contribution in [0, 0.1) is 17.0 Å². The summed E-state index contributed by atoms with van der Waals surface area (Å²) in [4.78, 5) is 21.0. The van der Waals surface area contributed by atoms with Crippen molar-refractivity contribution < 1.29 is 4.92 Å². The fourth-order valence-electron chi connectivity index (χ4n) is 2.49. The van der Waals surface area contributed by atoms with Crippen LogP contribution in [0.2, 0.25) is 0 Å². The number of piperidine rings is 1. The van der Waals surface area contributed by atoms with Crippen molar-refractivity contribution in [3.63, 3.8) is 0 Å². The summed E-state index contributed by atoms with van der Waals surface area (Å²) in [6, 6.07) is 0. The molecule has 0 saturated carbocycles. The molecule has 0 amide bonds. The molecule has 0 radical (unpaired) electrons. The molecule has 0 bridgehead atoms. The van der Waals surface area contributed by atoms with Crippen LogP contribution in [0.5, 0.6) is 0 Å². The summed E-state index contributed by atoms with van der Waals surface area (Å²) in [5.74, 6) is 5.65. The van der Waals surface area contributed by atoms with E-state index in [0.29, 0.717) is 6.54 Å². The summed E-state index contributed by atoms with van der Waals surface area (Å²) in [5, 5.41) is 14.2. The Morgan fingerprint density at radius 3 is 2.67 bits per heavy atom. The second-order valence-corrected chi connectivity index (χ2v) is 5.06. The van der Waals surface area contributed by atoms with Gasteiger partial charge in [0.2, 0.25) is 11.8 Å². The van der Waals surface area contributed by atoms with Crippen LogP contribution in [0.3, 0.4) is 0 Å². The molecule has 1 fully saturated rings. The minimum Gasteiger partial charge on any atom is -0.363 e. The van der Waals surface area contributed by atoms with Crippen LogP contribution in [0.25, 0.3) is 0 Å². The van der Waals surface area contributed by atoms with Gasteiger partial charge >= 0.3 is 5.69 Å². The van der Waals surface area contributed by atoms with Crippen molar-refractivity contribution in [1.82, 2.24) is 14.9 Å². The molecule has 0 unspecified atom stereocenters. The number of hydrazine groups is 1. The number of hydrogen-bond donors (Lipinski definition) is 3. The summed E-state index contributed by atoms with van der Waals surface area (Å²) in [6.45, 7) is 5.17. The van der Waals surface area contributed by atoms with E-state index >= 15 is 0 Å². The highest BCUT2D eigenvalue weighted by molar-refractivity contribution is 5.60. The van der Waals surface area contributed by atoms with Gasteiger partial charge in [0.25, 0.3) is 0 Å². The number of aromatic nitrogens is 2. The molecule has 1 saturated heterocycles. The van der Waals surface area contributed by atoms with E-state index in [1.165, 1.54) is 19.3 Å². The first kappa shape index (κ1) is 15.4. The summed E-state index contributed by atoms with van der Waals surface area (Å²) >= 11 is 0. The highest BCUT2D eigenvalue weighted by Gasteiger charge is 2.22. The lowest BCUT2D eigenvalue weighted by atomic mass is 10.1. The SMILES string of the molecule is Cc1nc(NN)nc(NCCN2CCCCC2)c1[N+](=O)[O-]. The minimum atomic E-state index is -0.473. The van der Waals surface area contributed by atoms with Crippen LogP contribution in [0.15, 0.2) is 0 Å². The maximum atomic E-state index is 11.1. The zero-order chi connectivity index (χ0) is 15.2. The number of nitrogen functional groups attached to an aromatic ring is 1. The lowest BCUT2D eigenvalue weighted by Gasteiger charge is -2.26. The molecule has 1 aliphatic rings. The Hall–Kier alpha value is -2.00. The Morgan fingerprint density at radius 1 is 1.33 bits per heavy atom. The van der Waals surface area contributed by atoms with Crippen LogP contribution in [-0.4, -0.2) is 46.0 Å². The third-order valence-electron chi connectivity index (χ3n) is 3.54. The lowest BCUT2D eigenvalue weighted by Crippen LogP contribution is -2.34. The third-order valence-corrected chi connectivity index (χ3v) is 3.54. The number of anilines is 2. The second-order valence-electron chi connectivity index (χ2n) is 5.06. The largest absolute Gasteiger partial charge is 0.363 e. The van der Waals surface area contributed by atoms with Crippen molar-refractivity contribution >= 4 is 17.5 Å². The van der Waals surface area contributed by atoms with E-state index in [4.69, 9.17) is 5.84 Å². The highest BCUT2D eigenvalue weighted by atomic mass is 16.6. The number of hydrogen-bond acceptors (Lipinski definition) is 8. The van der Waals surface area contributed by atoms with E-state index in [1.54, 1.807) is 6.92 Å². The van der Waals surface area contributed by atoms with Gasteiger partial charge in [-0.05, 0) is 32.9 Å². The van der Waals surface area contributed by atoms with Crippen LogP contribution >= 0.6 is 0 Å². The summed E-state index contributed by atoms with van der Waals surface area (Å²) < 4.78 is 0. The van der Waals surface area contributed by atoms with Gasteiger partial charge in [-0.3, -0.25) is 15.5 Å². The second kappa shape index (κ2) is 7.14. The molecule has 21 heavy (non-hydrogen) atoms. The Kier molecular flexibility index (Phi) is 5.23. The number of nitro groups is 1. The molecular weight excluding hydrogens is 274 g/mol. The zero-order valence-corrected chi connectivity index (χ0v) is 12.1. The Labute approximate surface area is 123 Å². The standard InChI is InChI=1S/C12H21N7O2/c1-9-10(19(20)21)11(16-12(15-9)17-13)14-5-8-18-6-3-2-4-7-18/h2-8,13H2,1H3,(H2,14,15,16,17). The molecule has 1 aromatic rings. The predicted molar refractivity (Wildman–Crippen MR) is 80.0 cm³/mol. The number of nitrogens with two attached hydrogens (primary N) is 1. The van der Waals surface area contributed by atoms with Gasteiger partial charge in [0.1, 0.15) is 5.69 Å². The van der Waals surface area contributed by atoms with Gasteiger partial charge in [0, 0.05) is 13.1 Å². The van der Waals surface area contributed by atoms with Crippen LogP contribution in [0.4, 0.5) is 17.5 Å². The van der Waals surface area contributed by atoms with Crippen molar-refractivity contribution in [2.75, 3.05) is 36.9 Å². The van der Waals surface area contributed by atoms with Gasteiger partial charge in [-0.15, -0.1) is 0 Å². The van der Waals surface area contributed by atoms with Gasteiger partial charge in [-0.2, -0.15) is 4.98 Å². The van der Waals surface area contributed by atoms with Gasteiger partial charge < -0.3 is 10.2 Å². The van der Waals surface area contributed by atoms with Crippen molar-refractivity contribution in [2.24, 2.45) is 5.84 Å².